The summed E-state index contributed by atoms with van der Waals surface area (Å²) in [6.45, 7) is 1.78. The van der Waals surface area contributed by atoms with Crippen molar-refractivity contribution in [3.05, 3.63) is 63.0 Å². The number of hydrogen-bond acceptors (Lipinski definition) is 3. The molecule has 1 aliphatic rings. The molecular formula is C19H17FIN3O3. The minimum absolute atomic E-state index is 0.00127. The maximum atomic E-state index is 14.1. The van der Waals surface area contributed by atoms with Crippen LogP contribution in [0.2, 0.25) is 0 Å². The number of anilines is 1. The molecule has 0 aliphatic carbocycles. The number of hydrogen-bond donors (Lipinski definition) is 2. The van der Waals surface area contributed by atoms with Crippen LogP contribution in [-0.2, 0) is 16.0 Å². The molecule has 1 atom stereocenters. The maximum Gasteiger partial charge on any atom is 0.325 e. The molecule has 1 saturated heterocycles. The first-order valence-corrected chi connectivity index (χ1v) is 9.34. The van der Waals surface area contributed by atoms with Crippen LogP contribution in [0.5, 0.6) is 0 Å². The summed E-state index contributed by atoms with van der Waals surface area (Å²) in [6.07, 6.45) is 0.136. The van der Waals surface area contributed by atoms with Gasteiger partial charge in [-0.25, -0.2) is 14.1 Å². The molecule has 1 heterocycles. The van der Waals surface area contributed by atoms with Crippen LogP contribution in [0, 0.1) is 16.3 Å². The van der Waals surface area contributed by atoms with Gasteiger partial charge in [0.15, 0.2) is 0 Å². The van der Waals surface area contributed by atoms with E-state index in [-0.39, 0.29) is 18.7 Å². The lowest BCUT2D eigenvalue weighted by Crippen LogP contribution is -2.49. The average Bonchev–Trinajstić information content (AvgIpc) is 2.95. The summed E-state index contributed by atoms with van der Waals surface area (Å²) >= 11 is 1.96. The normalized spacial score (nSPS) is 14.9. The standard InChI is InChI=1S/C19H17FIN3O3/c1-11-2-4-12(5-3-11)8-16(24-17(25)10-22-19(24)27)18(26)23-15-7-6-13(21)9-14(15)20/h2-7,9,16H,8,10H2,1H3,(H,22,27)(H,23,26)/t16-/m0/s1. The van der Waals surface area contributed by atoms with Crippen LogP contribution in [0.15, 0.2) is 42.5 Å². The maximum absolute atomic E-state index is 14.1. The van der Waals surface area contributed by atoms with Crippen LogP contribution >= 0.6 is 22.6 Å². The summed E-state index contributed by atoms with van der Waals surface area (Å²) in [5.74, 6) is -1.70. The molecular weight excluding hydrogens is 464 g/mol. The van der Waals surface area contributed by atoms with Gasteiger partial charge in [-0.15, -0.1) is 0 Å². The molecule has 0 spiro atoms. The van der Waals surface area contributed by atoms with E-state index in [2.05, 4.69) is 10.6 Å². The lowest BCUT2D eigenvalue weighted by Gasteiger charge is -2.24. The van der Waals surface area contributed by atoms with E-state index in [9.17, 15) is 18.8 Å². The lowest BCUT2D eigenvalue weighted by atomic mass is 10.0. The number of halogens is 2. The molecule has 0 radical (unpaired) electrons. The predicted molar refractivity (Wildman–Crippen MR) is 107 cm³/mol. The number of imide groups is 1. The number of nitrogens with zero attached hydrogens (tertiary/aromatic N) is 1. The summed E-state index contributed by atoms with van der Waals surface area (Å²) in [4.78, 5) is 38.0. The number of urea groups is 1. The SMILES string of the molecule is Cc1ccc(C[C@@H](C(=O)Nc2ccc(I)cc2F)N2C(=O)CNC2=O)cc1. The highest BCUT2D eigenvalue weighted by molar-refractivity contribution is 14.1. The molecule has 1 fully saturated rings. The van der Waals surface area contributed by atoms with E-state index in [4.69, 9.17) is 0 Å². The third-order valence-electron chi connectivity index (χ3n) is 4.23. The van der Waals surface area contributed by atoms with Gasteiger partial charge in [0, 0.05) is 9.99 Å². The highest BCUT2D eigenvalue weighted by Gasteiger charge is 2.39. The Bertz CT molecular complexity index is 886. The lowest BCUT2D eigenvalue weighted by molar-refractivity contribution is -0.132. The van der Waals surface area contributed by atoms with Crippen LogP contribution in [0.1, 0.15) is 11.1 Å². The van der Waals surface area contributed by atoms with Crippen LogP contribution in [0.25, 0.3) is 0 Å². The number of carbonyl (C=O) groups is 3. The molecule has 2 aromatic carbocycles. The van der Waals surface area contributed by atoms with Gasteiger partial charge in [0.1, 0.15) is 11.9 Å². The molecule has 3 rings (SSSR count). The van der Waals surface area contributed by atoms with E-state index >= 15 is 0 Å². The number of carbonyl (C=O) groups excluding carboxylic acids is 3. The Hall–Kier alpha value is -2.49. The second-order valence-electron chi connectivity index (χ2n) is 6.24. The Balaban J connectivity index is 1.88. The van der Waals surface area contributed by atoms with Gasteiger partial charge in [0.2, 0.25) is 5.91 Å². The van der Waals surface area contributed by atoms with Crippen molar-refractivity contribution in [3.63, 3.8) is 0 Å². The Labute approximate surface area is 169 Å². The zero-order chi connectivity index (χ0) is 19.6. The molecule has 8 heteroatoms. The Morgan fingerprint density at radius 1 is 1.26 bits per heavy atom. The van der Waals surface area contributed by atoms with Crippen molar-refractivity contribution < 1.29 is 18.8 Å². The first-order chi connectivity index (χ1) is 12.8. The summed E-state index contributed by atoms with van der Waals surface area (Å²) < 4.78 is 14.8. The molecule has 1 aliphatic heterocycles. The minimum atomic E-state index is -1.08. The third kappa shape index (κ3) is 4.44. The number of nitrogens with one attached hydrogen (secondary N) is 2. The van der Waals surface area contributed by atoms with E-state index in [0.717, 1.165) is 16.0 Å². The number of amides is 4. The number of aryl methyl sites for hydroxylation is 1. The second kappa shape index (κ2) is 8.03. The van der Waals surface area contributed by atoms with Crippen LogP contribution in [0.4, 0.5) is 14.9 Å². The van der Waals surface area contributed by atoms with Crippen molar-refractivity contribution in [1.82, 2.24) is 10.2 Å². The van der Waals surface area contributed by atoms with Crippen molar-refractivity contribution in [2.75, 3.05) is 11.9 Å². The van der Waals surface area contributed by atoms with Crippen molar-refractivity contribution >= 4 is 46.1 Å². The van der Waals surface area contributed by atoms with Gasteiger partial charge < -0.3 is 10.6 Å². The topological polar surface area (TPSA) is 78.5 Å². The smallest absolute Gasteiger partial charge is 0.325 e. The van der Waals surface area contributed by atoms with E-state index in [0.29, 0.717) is 3.57 Å². The van der Waals surface area contributed by atoms with E-state index in [1.807, 2.05) is 53.8 Å². The van der Waals surface area contributed by atoms with Gasteiger partial charge in [0.25, 0.3) is 5.91 Å². The van der Waals surface area contributed by atoms with Gasteiger partial charge in [-0.05, 0) is 53.3 Å². The molecule has 140 valence electrons. The quantitative estimate of drug-likeness (QED) is 0.510. The highest BCUT2D eigenvalue weighted by Crippen LogP contribution is 2.20. The van der Waals surface area contributed by atoms with E-state index < -0.39 is 29.7 Å². The van der Waals surface area contributed by atoms with Gasteiger partial charge in [-0.2, -0.15) is 0 Å². The Morgan fingerprint density at radius 3 is 2.56 bits per heavy atom. The van der Waals surface area contributed by atoms with Gasteiger partial charge in [-0.1, -0.05) is 29.8 Å². The number of rotatable bonds is 5. The average molecular weight is 481 g/mol. The highest BCUT2D eigenvalue weighted by atomic mass is 127. The van der Waals surface area contributed by atoms with Crippen molar-refractivity contribution in [3.8, 4) is 0 Å². The Morgan fingerprint density at radius 2 is 1.96 bits per heavy atom. The fraction of sp³-hybridized carbons (Fsp3) is 0.211. The van der Waals surface area contributed by atoms with Crippen LogP contribution in [-0.4, -0.2) is 35.3 Å². The predicted octanol–water partition coefficient (Wildman–Crippen LogP) is 2.84. The second-order valence-corrected chi connectivity index (χ2v) is 7.49. The van der Waals surface area contributed by atoms with Crippen molar-refractivity contribution in [1.29, 1.82) is 0 Å². The summed E-state index contributed by atoms with van der Waals surface area (Å²) in [5.41, 5.74) is 1.84. The van der Waals surface area contributed by atoms with Gasteiger partial charge in [-0.3, -0.25) is 9.59 Å². The molecule has 0 aromatic heterocycles. The summed E-state index contributed by atoms with van der Waals surface area (Å²) in [6, 6.07) is 10.1. The minimum Gasteiger partial charge on any atom is -0.329 e. The van der Waals surface area contributed by atoms with Crippen molar-refractivity contribution in [2.45, 2.75) is 19.4 Å². The molecule has 0 bridgehead atoms. The monoisotopic (exact) mass is 481 g/mol. The molecule has 2 N–H and O–H groups in total. The molecule has 0 unspecified atom stereocenters. The molecule has 6 nitrogen and oxygen atoms in total. The summed E-state index contributed by atoms with van der Waals surface area (Å²) in [5, 5.41) is 4.91. The van der Waals surface area contributed by atoms with E-state index in [1.165, 1.54) is 12.1 Å². The van der Waals surface area contributed by atoms with Crippen molar-refractivity contribution in [2.24, 2.45) is 0 Å². The first kappa shape index (κ1) is 19.3. The van der Waals surface area contributed by atoms with Crippen LogP contribution in [0.3, 0.4) is 0 Å². The Kier molecular flexibility index (Phi) is 5.73. The molecule has 2 aromatic rings. The zero-order valence-electron chi connectivity index (χ0n) is 14.5. The zero-order valence-corrected chi connectivity index (χ0v) is 16.6. The third-order valence-corrected chi connectivity index (χ3v) is 4.90. The van der Waals surface area contributed by atoms with Gasteiger partial charge >= 0.3 is 6.03 Å². The molecule has 0 saturated carbocycles. The molecule has 27 heavy (non-hydrogen) atoms. The summed E-state index contributed by atoms with van der Waals surface area (Å²) in [7, 11) is 0. The van der Waals surface area contributed by atoms with Gasteiger partial charge in [0.05, 0.1) is 12.2 Å². The first-order valence-electron chi connectivity index (χ1n) is 8.26. The largest absolute Gasteiger partial charge is 0.329 e. The fourth-order valence-corrected chi connectivity index (χ4v) is 3.26. The fourth-order valence-electron chi connectivity index (χ4n) is 2.81. The number of benzene rings is 2. The van der Waals surface area contributed by atoms with E-state index in [1.54, 1.807) is 6.07 Å². The molecule has 4 amide bonds. The van der Waals surface area contributed by atoms with Crippen LogP contribution < -0.4 is 10.6 Å².